The van der Waals surface area contributed by atoms with Gasteiger partial charge in [-0.25, -0.2) is 0 Å². The first-order chi connectivity index (χ1) is 10.1. The van der Waals surface area contributed by atoms with Crippen molar-refractivity contribution >= 4 is 23.2 Å². The van der Waals surface area contributed by atoms with Crippen LogP contribution in [0.4, 0.5) is 0 Å². The number of imide groups is 1. The van der Waals surface area contributed by atoms with Gasteiger partial charge in [-0.15, -0.1) is 11.3 Å². The molecule has 0 saturated carbocycles. The lowest BCUT2D eigenvalue weighted by atomic mass is 10.1. The number of fused-ring (bicyclic) bond motifs is 1. The Morgan fingerprint density at radius 1 is 1.24 bits per heavy atom. The van der Waals surface area contributed by atoms with Crippen LogP contribution in [-0.4, -0.2) is 30.9 Å². The summed E-state index contributed by atoms with van der Waals surface area (Å²) in [6.45, 7) is 0. The molecule has 2 heterocycles. The topological polar surface area (TPSA) is 46.6 Å². The molecule has 108 valence electrons. The van der Waals surface area contributed by atoms with E-state index in [0.29, 0.717) is 12.0 Å². The highest BCUT2D eigenvalue weighted by Gasteiger charge is 2.30. The van der Waals surface area contributed by atoms with Crippen LogP contribution >= 0.6 is 11.3 Å². The van der Waals surface area contributed by atoms with Crippen molar-refractivity contribution in [1.82, 2.24) is 4.90 Å². The number of methoxy groups -OCH3 is 1. The number of nitrogens with zero attached hydrogens (tertiary/aromatic N) is 1. The lowest BCUT2D eigenvalue weighted by Gasteiger charge is -2.19. The Kier molecular flexibility index (Phi) is 3.51. The van der Waals surface area contributed by atoms with E-state index < -0.39 is 0 Å². The summed E-state index contributed by atoms with van der Waals surface area (Å²) in [6.07, 6.45) is 1.08. The first kappa shape index (κ1) is 13.8. The third kappa shape index (κ3) is 2.56. The quantitative estimate of drug-likeness (QED) is 0.818. The molecular formula is C16H15NO3S. The van der Waals surface area contributed by atoms with E-state index >= 15 is 0 Å². The van der Waals surface area contributed by atoms with Gasteiger partial charge in [0.1, 0.15) is 5.75 Å². The molecule has 0 radical (unpaired) electrons. The minimum Gasteiger partial charge on any atom is -0.497 e. The minimum absolute atomic E-state index is 0.134. The monoisotopic (exact) mass is 301 g/mol. The molecule has 0 bridgehead atoms. The predicted molar refractivity (Wildman–Crippen MR) is 80.9 cm³/mol. The van der Waals surface area contributed by atoms with Crippen molar-refractivity contribution in [2.75, 3.05) is 14.2 Å². The second kappa shape index (κ2) is 5.33. The maximum absolute atomic E-state index is 12.1. The number of carbonyl (C=O) groups is 2. The number of thiophene rings is 1. The normalized spacial score (nSPS) is 14.3. The minimum atomic E-state index is -0.196. The fraction of sp³-hybridized carbons (Fsp3) is 0.250. The number of benzene rings is 1. The Morgan fingerprint density at radius 2 is 1.95 bits per heavy atom. The molecule has 1 aromatic carbocycles. The van der Waals surface area contributed by atoms with Gasteiger partial charge in [-0.3, -0.25) is 14.5 Å². The number of ether oxygens (including phenoxy) is 1. The van der Waals surface area contributed by atoms with Gasteiger partial charge < -0.3 is 4.74 Å². The fourth-order valence-corrected chi connectivity index (χ4v) is 3.56. The van der Waals surface area contributed by atoms with Gasteiger partial charge in [-0.1, -0.05) is 12.1 Å². The third-order valence-electron chi connectivity index (χ3n) is 3.62. The summed E-state index contributed by atoms with van der Waals surface area (Å²) in [5, 5.41) is 0. The van der Waals surface area contributed by atoms with Crippen LogP contribution in [0.15, 0.2) is 30.3 Å². The van der Waals surface area contributed by atoms with E-state index in [4.69, 9.17) is 4.74 Å². The number of carbonyl (C=O) groups excluding carboxylic acids is 2. The average molecular weight is 301 g/mol. The standard InChI is InChI=1S/C16H15NO3S/c1-17-15(18)9-14-13(16(17)19)8-12(21-14)7-10-3-5-11(20-2)6-4-10/h3-6,8H,7,9H2,1-2H3. The zero-order valence-electron chi connectivity index (χ0n) is 11.9. The summed E-state index contributed by atoms with van der Waals surface area (Å²) in [5.41, 5.74) is 1.83. The number of hydrogen-bond acceptors (Lipinski definition) is 4. The Bertz CT molecular complexity index is 703. The highest BCUT2D eigenvalue weighted by Crippen LogP contribution is 2.29. The van der Waals surface area contributed by atoms with Crippen molar-refractivity contribution in [1.29, 1.82) is 0 Å². The van der Waals surface area contributed by atoms with Crippen molar-refractivity contribution in [2.45, 2.75) is 12.8 Å². The largest absolute Gasteiger partial charge is 0.497 e. The zero-order valence-corrected chi connectivity index (χ0v) is 12.7. The lowest BCUT2D eigenvalue weighted by molar-refractivity contribution is -0.127. The molecule has 2 aromatic rings. The molecule has 2 amide bonds. The smallest absolute Gasteiger partial charge is 0.261 e. The lowest BCUT2D eigenvalue weighted by Crippen LogP contribution is -2.38. The van der Waals surface area contributed by atoms with Crippen LogP contribution < -0.4 is 4.74 Å². The van der Waals surface area contributed by atoms with Crippen LogP contribution in [0.5, 0.6) is 5.75 Å². The van der Waals surface area contributed by atoms with Crippen LogP contribution in [0.25, 0.3) is 0 Å². The van der Waals surface area contributed by atoms with E-state index in [1.54, 1.807) is 18.4 Å². The number of hydrogen-bond donors (Lipinski definition) is 0. The number of likely N-dealkylation sites (N-methyl/N-ethyl adjacent to an activating group) is 1. The summed E-state index contributed by atoms with van der Waals surface area (Å²) >= 11 is 1.55. The summed E-state index contributed by atoms with van der Waals surface area (Å²) in [6, 6.07) is 9.78. The molecule has 0 aliphatic carbocycles. The predicted octanol–water partition coefficient (Wildman–Crippen LogP) is 2.50. The molecule has 0 spiro atoms. The molecule has 4 nitrogen and oxygen atoms in total. The van der Waals surface area contributed by atoms with Gasteiger partial charge in [0, 0.05) is 23.2 Å². The van der Waals surface area contributed by atoms with E-state index in [9.17, 15) is 9.59 Å². The van der Waals surface area contributed by atoms with E-state index in [1.165, 1.54) is 11.9 Å². The van der Waals surface area contributed by atoms with Crippen LogP contribution in [0.2, 0.25) is 0 Å². The van der Waals surface area contributed by atoms with Crippen molar-refractivity contribution in [3.8, 4) is 5.75 Å². The van der Waals surface area contributed by atoms with Crippen LogP contribution in [0.3, 0.4) is 0 Å². The molecule has 1 aliphatic rings. The molecule has 3 rings (SSSR count). The van der Waals surface area contributed by atoms with Gasteiger partial charge in [-0.2, -0.15) is 0 Å². The van der Waals surface area contributed by atoms with E-state index in [-0.39, 0.29) is 11.8 Å². The Balaban J connectivity index is 1.84. The van der Waals surface area contributed by atoms with Gasteiger partial charge >= 0.3 is 0 Å². The Hall–Kier alpha value is -2.14. The number of rotatable bonds is 3. The first-order valence-electron chi connectivity index (χ1n) is 6.64. The molecule has 21 heavy (non-hydrogen) atoms. The van der Waals surface area contributed by atoms with Gasteiger partial charge in [0.25, 0.3) is 5.91 Å². The molecular weight excluding hydrogens is 286 g/mol. The van der Waals surface area contributed by atoms with Gasteiger partial charge in [-0.05, 0) is 23.8 Å². The zero-order chi connectivity index (χ0) is 15.0. The van der Waals surface area contributed by atoms with Crippen LogP contribution in [-0.2, 0) is 17.6 Å². The molecule has 0 fully saturated rings. The second-order valence-electron chi connectivity index (χ2n) is 5.01. The van der Waals surface area contributed by atoms with Crippen molar-refractivity contribution in [2.24, 2.45) is 0 Å². The second-order valence-corrected chi connectivity index (χ2v) is 6.23. The summed E-state index contributed by atoms with van der Waals surface area (Å²) in [5.74, 6) is 0.496. The highest BCUT2D eigenvalue weighted by molar-refractivity contribution is 7.12. The molecule has 5 heteroatoms. The van der Waals surface area contributed by atoms with E-state index in [2.05, 4.69) is 0 Å². The fourth-order valence-electron chi connectivity index (χ4n) is 2.38. The van der Waals surface area contributed by atoms with E-state index in [0.717, 1.165) is 27.5 Å². The van der Waals surface area contributed by atoms with Crippen molar-refractivity contribution in [3.63, 3.8) is 0 Å². The first-order valence-corrected chi connectivity index (χ1v) is 7.45. The average Bonchev–Trinajstić information content (AvgIpc) is 2.88. The molecule has 0 N–H and O–H groups in total. The maximum Gasteiger partial charge on any atom is 0.261 e. The van der Waals surface area contributed by atoms with Gasteiger partial charge in [0.15, 0.2) is 0 Å². The SMILES string of the molecule is COc1ccc(Cc2cc3c(s2)CC(=O)N(C)C3=O)cc1. The molecule has 0 saturated heterocycles. The third-order valence-corrected chi connectivity index (χ3v) is 4.75. The Labute approximate surface area is 127 Å². The Morgan fingerprint density at radius 3 is 2.62 bits per heavy atom. The van der Waals surface area contributed by atoms with Crippen LogP contribution in [0, 0.1) is 0 Å². The van der Waals surface area contributed by atoms with Gasteiger partial charge in [0.05, 0.1) is 19.1 Å². The molecule has 0 atom stereocenters. The molecule has 1 aromatic heterocycles. The summed E-state index contributed by atoms with van der Waals surface area (Å²) < 4.78 is 5.14. The van der Waals surface area contributed by atoms with E-state index in [1.807, 2.05) is 30.3 Å². The summed E-state index contributed by atoms with van der Waals surface area (Å²) in [4.78, 5) is 27.0. The highest BCUT2D eigenvalue weighted by atomic mass is 32.1. The molecule has 0 unspecified atom stereocenters. The van der Waals surface area contributed by atoms with Crippen LogP contribution in [0.1, 0.15) is 25.7 Å². The number of amides is 2. The molecule has 1 aliphatic heterocycles. The maximum atomic E-state index is 12.1. The summed E-state index contributed by atoms with van der Waals surface area (Å²) in [7, 11) is 3.18. The van der Waals surface area contributed by atoms with Crippen molar-refractivity contribution < 1.29 is 14.3 Å². The van der Waals surface area contributed by atoms with Gasteiger partial charge in [0.2, 0.25) is 5.91 Å². The van der Waals surface area contributed by atoms with Crippen molar-refractivity contribution in [3.05, 3.63) is 51.2 Å².